The number of nitro benzene ring substituents is 1. The molecule has 124 valence electrons. The SMILES string of the molecule is Cc1cc(N2CCC[C@@H](N3CCNC3=O)C2)c(Cl)cc1[N+](=O)[O-]. The van der Waals surface area contributed by atoms with E-state index in [1.54, 1.807) is 13.0 Å². The van der Waals surface area contributed by atoms with Crippen LogP contribution in [0.5, 0.6) is 0 Å². The van der Waals surface area contributed by atoms with Gasteiger partial charge in [0.05, 0.1) is 21.7 Å². The molecule has 0 radical (unpaired) electrons. The van der Waals surface area contributed by atoms with Crippen molar-refractivity contribution in [2.45, 2.75) is 25.8 Å². The van der Waals surface area contributed by atoms with Crippen LogP contribution in [0.25, 0.3) is 0 Å². The smallest absolute Gasteiger partial charge is 0.317 e. The van der Waals surface area contributed by atoms with Gasteiger partial charge in [0.15, 0.2) is 0 Å². The highest BCUT2D eigenvalue weighted by Gasteiger charge is 2.32. The highest BCUT2D eigenvalue weighted by Crippen LogP contribution is 2.34. The van der Waals surface area contributed by atoms with Gasteiger partial charge in [-0.1, -0.05) is 11.6 Å². The summed E-state index contributed by atoms with van der Waals surface area (Å²) in [5, 5.41) is 14.2. The average molecular weight is 339 g/mol. The Morgan fingerprint density at radius 3 is 2.83 bits per heavy atom. The number of carbonyl (C=O) groups excluding carboxylic acids is 1. The van der Waals surface area contributed by atoms with Crippen LogP contribution in [0.3, 0.4) is 0 Å². The number of hydrogen-bond acceptors (Lipinski definition) is 4. The Balaban J connectivity index is 1.82. The van der Waals surface area contributed by atoms with Crippen molar-refractivity contribution in [3.8, 4) is 0 Å². The molecule has 2 aliphatic heterocycles. The van der Waals surface area contributed by atoms with Crippen LogP contribution in [-0.4, -0.2) is 48.1 Å². The number of aryl methyl sites for hydroxylation is 1. The van der Waals surface area contributed by atoms with Crippen LogP contribution < -0.4 is 10.2 Å². The molecular formula is C15H19ClN4O3. The number of halogens is 1. The van der Waals surface area contributed by atoms with Gasteiger partial charge in [-0.2, -0.15) is 0 Å². The number of anilines is 1. The molecule has 2 saturated heterocycles. The normalized spacial score (nSPS) is 21.5. The zero-order chi connectivity index (χ0) is 16.6. The van der Waals surface area contributed by atoms with Crippen molar-refractivity contribution < 1.29 is 9.72 Å². The number of rotatable bonds is 3. The molecule has 1 aromatic rings. The number of amides is 2. The lowest BCUT2D eigenvalue weighted by Gasteiger charge is -2.38. The molecule has 1 N–H and O–H groups in total. The van der Waals surface area contributed by atoms with E-state index in [9.17, 15) is 14.9 Å². The predicted molar refractivity (Wildman–Crippen MR) is 88.2 cm³/mol. The molecule has 2 aliphatic rings. The molecule has 2 fully saturated rings. The van der Waals surface area contributed by atoms with E-state index in [0.717, 1.165) is 31.6 Å². The summed E-state index contributed by atoms with van der Waals surface area (Å²) in [5.74, 6) is 0. The fourth-order valence-corrected chi connectivity index (χ4v) is 3.63. The summed E-state index contributed by atoms with van der Waals surface area (Å²) >= 11 is 6.28. The van der Waals surface area contributed by atoms with Crippen molar-refractivity contribution in [2.24, 2.45) is 0 Å². The number of benzene rings is 1. The lowest BCUT2D eigenvalue weighted by atomic mass is 10.0. The van der Waals surface area contributed by atoms with E-state index in [-0.39, 0.29) is 17.8 Å². The van der Waals surface area contributed by atoms with Crippen molar-refractivity contribution in [3.05, 3.63) is 32.8 Å². The van der Waals surface area contributed by atoms with E-state index in [2.05, 4.69) is 10.2 Å². The van der Waals surface area contributed by atoms with E-state index >= 15 is 0 Å². The largest absolute Gasteiger partial charge is 0.368 e. The Bertz CT molecular complexity index is 652. The van der Waals surface area contributed by atoms with Gasteiger partial charge >= 0.3 is 6.03 Å². The standard InChI is InChI=1S/C15H19ClN4O3/c1-10-7-14(12(16)8-13(10)20(22)23)18-5-2-3-11(9-18)19-6-4-17-15(19)21/h7-8,11H,2-6,9H2,1H3,(H,17,21)/t11-/m1/s1. The topological polar surface area (TPSA) is 78.7 Å². The van der Waals surface area contributed by atoms with Crippen LogP contribution in [0.2, 0.25) is 5.02 Å². The summed E-state index contributed by atoms with van der Waals surface area (Å²) in [6, 6.07) is 3.33. The molecule has 0 bridgehead atoms. The summed E-state index contributed by atoms with van der Waals surface area (Å²) < 4.78 is 0. The number of nitrogens with one attached hydrogen (secondary N) is 1. The lowest BCUT2D eigenvalue weighted by molar-refractivity contribution is -0.385. The molecule has 23 heavy (non-hydrogen) atoms. The molecule has 2 amide bonds. The van der Waals surface area contributed by atoms with E-state index in [0.29, 0.717) is 23.7 Å². The number of carbonyl (C=O) groups is 1. The van der Waals surface area contributed by atoms with Gasteiger partial charge in [0.1, 0.15) is 0 Å². The third-order valence-electron chi connectivity index (χ3n) is 4.53. The Labute approximate surface area is 139 Å². The maximum Gasteiger partial charge on any atom is 0.317 e. The third-order valence-corrected chi connectivity index (χ3v) is 4.83. The number of urea groups is 1. The fraction of sp³-hybridized carbons (Fsp3) is 0.533. The van der Waals surface area contributed by atoms with Gasteiger partial charge in [-0.25, -0.2) is 4.79 Å². The van der Waals surface area contributed by atoms with Crippen LogP contribution in [0.1, 0.15) is 18.4 Å². The second kappa shape index (κ2) is 6.23. The molecule has 8 heteroatoms. The molecule has 0 saturated carbocycles. The molecular weight excluding hydrogens is 320 g/mol. The van der Waals surface area contributed by atoms with Crippen molar-refractivity contribution in [3.63, 3.8) is 0 Å². The first-order valence-corrected chi connectivity index (χ1v) is 8.09. The monoisotopic (exact) mass is 338 g/mol. The van der Waals surface area contributed by atoms with E-state index in [1.807, 2.05) is 4.90 Å². The number of hydrogen-bond donors (Lipinski definition) is 1. The van der Waals surface area contributed by atoms with Crippen LogP contribution in [0, 0.1) is 17.0 Å². The molecule has 0 spiro atoms. The van der Waals surface area contributed by atoms with Gasteiger partial charge in [-0.15, -0.1) is 0 Å². The van der Waals surface area contributed by atoms with Crippen LogP contribution in [-0.2, 0) is 0 Å². The first-order chi connectivity index (χ1) is 11.0. The van der Waals surface area contributed by atoms with Crippen LogP contribution in [0.15, 0.2) is 12.1 Å². The summed E-state index contributed by atoms with van der Waals surface area (Å²) in [5.41, 5.74) is 1.43. The molecule has 2 heterocycles. The van der Waals surface area contributed by atoms with Crippen LogP contribution >= 0.6 is 11.6 Å². The van der Waals surface area contributed by atoms with Gasteiger partial charge in [-0.05, 0) is 25.8 Å². The summed E-state index contributed by atoms with van der Waals surface area (Å²) in [4.78, 5) is 26.4. The zero-order valence-electron chi connectivity index (χ0n) is 12.9. The summed E-state index contributed by atoms with van der Waals surface area (Å²) in [6.07, 6.45) is 1.92. The Hall–Kier alpha value is -2.02. The van der Waals surface area contributed by atoms with E-state index in [1.165, 1.54) is 6.07 Å². The molecule has 3 rings (SSSR count). The predicted octanol–water partition coefficient (Wildman–Crippen LogP) is 2.55. The number of piperidine rings is 1. The lowest BCUT2D eigenvalue weighted by Crippen LogP contribution is -2.49. The zero-order valence-corrected chi connectivity index (χ0v) is 13.7. The minimum atomic E-state index is -0.418. The van der Waals surface area contributed by atoms with Crippen molar-refractivity contribution in [2.75, 3.05) is 31.1 Å². The van der Waals surface area contributed by atoms with Crippen molar-refractivity contribution in [1.29, 1.82) is 0 Å². The maximum absolute atomic E-state index is 11.9. The van der Waals surface area contributed by atoms with Gasteiger partial charge in [0, 0.05) is 37.8 Å². The summed E-state index contributed by atoms with van der Waals surface area (Å²) in [6.45, 7) is 4.66. The number of nitro groups is 1. The van der Waals surface area contributed by atoms with E-state index < -0.39 is 4.92 Å². The van der Waals surface area contributed by atoms with Gasteiger partial charge in [-0.3, -0.25) is 10.1 Å². The Morgan fingerprint density at radius 1 is 1.39 bits per heavy atom. The minimum absolute atomic E-state index is 0.0113. The average Bonchev–Trinajstić information content (AvgIpc) is 2.95. The van der Waals surface area contributed by atoms with Gasteiger partial charge in [0.25, 0.3) is 5.69 Å². The minimum Gasteiger partial charge on any atom is -0.368 e. The molecule has 1 atom stereocenters. The van der Waals surface area contributed by atoms with Gasteiger partial charge in [0.2, 0.25) is 0 Å². The van der Waals surface area contributed by atoms with Gasteiger partial charge < -0.3 is 15.1 Å². The molecule has 7 nitrogen and oxygen atoms in total. The third kappa shape index (κ3) is 3.06. The molecule has 0 aromatic heterocycles. The van der Waals surface area contributed by atoms with E-state index in [4.69, 9.17) is 11.6 Å². The summed E-state index contributed by atoms with van der Waals surface area (Å²) in [7, 11) is 0. The second-order valence-electron chi connectivity index (χ2n) is 6.01. The Morgan fingerprint density at radius 2 is 2.17 bits per heavy atom. The first-order valence-electron chi connectivity index (χ1n) is 7.71. The van der Waals surface area contributed by atoms with Crippen molar-refractivity contribution in [1.82, 2.24) is 10.2 Å². The maximum atomic E-state index is 11.9. The van der Waals surface area contributed by atoms with Crippen molar-refractivity contribution >= 4 is 29.0 Å². The molecule has 1 aromatic carbocycles. The first kappa shape index (κ1) is 15.9. The Kier molecular flexibility index (Phi) is 4.30. The molecule has 0 unspecified atom stereocenters. The van der Waals surface area contributed by atoms with Crippen LogP contribution in [0.4, 0.5) is 16.2 Å². The highest BCUT2D eigenvalue weighted by atomic mass is 35.5. The number of nitrogens with zero attached hydrogens (tertiary/aromatic N) is 3. The second-order valence-corrected chi connectivity index (χ2v) is 6.42. The highest BCUT2D eigenvalue weighted by molar-refractivity contribution is 6.33. The molecule has 0 aliphatic carbocycles. The quantitative estimate of drug-likeness (QED) is 0.678. The fourth-order valence-electron chi connectivity index (χ4n) is 3.36.